The van der Waals surface area contributed by atoms with Gasteiger partial charge in [0, 0.05) is 44.2 Å². The first-order valence-electron chi connectivity index (χ1n) is 11.5. The zero-order chi connectivity index (χ0) is 19.5. The van der Waals surface area contributed by atoms with E-state index in [-0.39, 0.29) is 0 Å². The van der Waals surface area contributed by atoms with Crippen LogP contribution >= 0.6 is 0 Å². The maximum absolute atomic E-state index is 5.93. The van der Waals surface area contributed by atoms with Crippen molar-refractivity contribution in [3.63, 3.8) is 0 Å². The summed E-state index contributed by atoms with van der Waals surface area (Å²) in [5.74, 6) is 0.791. The first-order chi connectivity index (χ1) is 14.3. The van der Waals surface area contributed by atoms with Gasteiger partial charge in [-0.05, 0) is 68.7 Å². The summed E-state index contributed by atoms with van der Waals surface area (Å²) >= 11 is 0. The van der Waals surface area contributed by atoms with Crippen LogP contribution in [0.4, 0.5) is 0 Å². The second-order valence-corrected chi connectivity index (χ2v) is 9.22. The minimum absolute atomic E-state index is 0.412. The Morgan fingerprint density at radius 1 is 1.07 bits per heavy atom. The Morgan fingerprint density at radius 2 is 1.86 bits per heavy atom. The van der Waals surface area contributed by atoms with E-state index in [4.69, 9.17) is 4.74 Å². The molecule has 5 nitrogen and oxygen atoms in total. The molecule has 3 aliphatic rings. The number of benzene rings is 1. The maximum Gasteiger partial charge on any atom is 0.0922 e. The van der Waals surface area contributed by atoms with Crippen LogP contribution in [0.1, 0.15) is 42.5 Å². The van der Waals surface area contributed by atoms with Crippen LogP contribution in [-0.4, -0.2) is 64.7 Å². The molecule has 2 fully saturated rings. The summed E-state index contributed by atoms with van der Waals surface area (Å²) in [5.41, 5.74) is 4.35. The number of nitrogens with zero attached hydrogens (tertiary/aromatic N) is 3. The van der Waals surface area contributed by atoms with E-state index in [2.05, 4.69) is 44.0 Å². The van der Waals surface area contributed by atoms with Crippen molar-refractivity contribution < 1.29 is 4.74 Å². The predicted octanol–water partition coefficient (Wildman–Crippen LogP) is 3.27. The summed E-state index contributed by atoms with van der Waals surface area (Å²) in [5, 5.41) is 0. The van der Waals surface area contributed by atoms with Gasteiger partial charge in [-0.25, -0.2) is 4.98 Å². The van der Waals surface area contributed by atoms with E-state index in [1.807, 2.05) is 6.20 Å². The third-order valence-corrected chi connectivity index (χ3v) is 7.15. The third-order valence-electron chi connectivity index (χ3n) is 7.15. The van der Waals surface area contributed by atoms with Gasteiger partial charge < -0.3 is 9.72 Å². The number of aromatic nitrogens is 2. The van der Waals surface area contributed by atoms with Crippen molar-refractivity contribution in [3.8, 4) is 0 Å². The molecule has 29 heavy (non-hydrogen) atoms. The number of nitrogens with one attached hydrogen (secondary N) is 1. The lowest BCUT2D eigenvalue weighted by Gasteiger charge is -2.38. The summed E-state index contributed by atoms with van der Waals surface area (Å²) in [6.45, 7) is 6.62. The normalized spacial score (nSPS) is 23.8. The minimum atomic E-state index is 0.412. The summed E-state index contributed by atoms with van der Waals surface area (Å²) in [6, 6.07) is 9.74. The van der Waals surface area contributed by atoms with Gasteiger partial charge in [-0.15, -0.1) is 0 Å². The molecule has 1 N–H and O–H groups in total. The van der Waals surface area contributed by atoms with Crippen LogP contribution in [0.25, 0.3) is 0 Å². The maximum atomic E-state index is 5.93. The Balaban J connectivity index is 1.14. The van der Waals surface area contributed by atoms with Gasteiger partial charge >= 0.3 is 0 Å². The van der Waals surface area contributed by atoms with Crippen LogP contribution in [0, 0.1) is 5.92 Å². The van der Waals surface area contributed by atoms with Crippen molar-refractivity contribution in [3.05, 3.63) is 53.6 Å². The Bertz CT molecular complexity index is 738. The van der Waals surface area contributed by atoms with Crippen molar-refractivity contribution in [1.82, 2.24) is 19.8 Å². The van der Waals surface area contributed by atoms with Gasteiger partial charge in [-0.2, -0.15) is 0 Å². The van der Waals surface area contributed by atoms with E-state index >= 15 is 0 Å². The Hall–Kier alpha value is -1.69. The fourth-order valence-electron chi connectivity index (χ4n) is 5.55. The van der Waals surface area contributed by atoms with Gasteiger partial charge in [0.25, 0.3) is 0 Å². The molecular weight excluding hydrogens is 360 g/mol. The molecule has 0 amide bonds. The molecule has 2 saturated heterocycles. The Morgan fingerprint density at radius 3 is 2.52 bits per heavy atom. The molecule has 1 unspecified atom stereocenters. The fraction of sp³-hybridized carbons (Fsp3) is 0.625. The Labute approximate surface area is 174 Å². The Kier molecular flexibility index (Phi) is 5.97. The molecule has 1 aromatic heterocycles. The average Bonchev–Trinajstić information content (AvgIpc) is 3.50. The molecule has 1 aromatic carbocycles. The van der Waals surface area contributed by atoms with E-state index in [9.17, 15) is 0 Å². The van der Waals surface area contributed by atoms with Crippen LogP contribution < -0.4 is 0 Å². The minimum Gasteiger partial charge on any atom is -0.377 e. The standard InChI is InChI=1S/C24H34N4O/c1-2-5-21-13-23(12-20(21)4-1)28-9-7-19(8-10-28)15-27(16-22-14-25-18-26-22)17-24-6-3-11-29-24/h1-2,4-5,14,18-19,23-24H,3,6-13,15-17H2,(H,25,26). The summed E-state index contributed by atoms with van der Waals surface area (Å²) in [7, 11) is 0. The number of piperidine rings is 1. The number of aromatic amines is 1. The van der Waals surface area contributed by atoms with Crippen LogP contribution in [0.3, 0.4) is 0 Å². The van der Waals surface area contributed by atoms with Crippen molar-refractivity contribution >= 4 is 0 Å². The van der Waals surface area contributed by atoms with E-state index in [1.54, 1.807) is 17.5 Å². The molecule has 2 aromatic rings. The van der Waals surface area contributed by atoms with Gasteiger partial charge in [-0.3, -0.25) is 9.80 Å². The highest BCUT2D eigenvalue weighted by Crippen LogP contribution is 2.29. The SMILES string of the molecule is c1ccc2c(c1)CC(N1CCC(CN(Cc3cnc[nH]3)CC3CCCO3)CC1)C2. The molecule has 1 aliphatic carbocycles. The van der Waals surface area contributed by atoms with Crippen LogP contribution in [0.5, 0.6) is 0 Å². The second-order valence-electron chi connectivity index (χ2n) is 9.22. The highest BCUT2D eigenvalue weighted by molar-refractivity contribution is 5.33. The molecule has 0 saturated carbocycles. The number of hydrogen-bond donors (Lipinski definition) is 1. The molecule has 0 bridgehead atoms. The molecular formula is C24H34N4O. The average molecular weight is 395 g/mol. The molecule has 3 heterocycles. The number of H-pyrrole nitrogens is 1. The lowest BCUT2D eigenvalue weighted by Crippen LogP contribution is -2.44. The molecule has 1 atom stereocenters. The predicted molar refractivity (Wildman–Crippen MR) is 115 cm³/mol. The van der Waals surface area contributed by atoms with E-state index in [0.717, 1.165) is 31.7 Å². The van der Waals surface area contributed by atoms with Crippen LogP contribution in [0.2, 0.25) is 0 Å². The van der Waals surface area contributed by atoms with E-state index < -0.39 is 0 Å². The molecule has 156 valence electrons. The number of imidazole rings is 1. The molecule has 0 spiro atoms. The zero-order valence-electron chi connectivity index (χ0n) is 17.4. The topological polar surface area (TPSA) is 44.4 Å². The van der Waals surface area contributed by atoms with Gasteiger partial charge in [0.2, 0.25) is 0 Å². The highest BCUT2D eigenvalue weighted by Gasteiger charge is 2.30. The summed E-state index contributed by atoms with van der Waals surface area (Å²) in [6.07, 6.45) is 11.7. The zero-order valence-corrected chi connectivity index (χ0v) is 17.4. The van der Waals surface area contributed by atoms with Gasteiger partial charge in [0.05, 0.1) is 12.4 Å². The van der Waals surface area contributed by atoms with Crippen LogP contribution in [-0.2, 0) is 24.1 Å². The lowest BCUT2D eigenvalue weighted by molar-refractivity contribution is 0.0537. The molecule has 5 rings (SSSR count). The van der Waals surface area contributed by atoms with E-state index in [0.29, 0.717) is 6.10 Å². The fourth-order valence-corrected chi connectivity index (χ4v) is 5.55. The molecule has 2 aliphatic heterocycles. The third kappa shape index (κ3) is 4.73. The van der Waals surface area contributed by atoms with Crippen LogP contribution in [0.15, 0.2) is 36.8 Å². The van der Waals surface area contributed by atoms with Gasteiger partial charge in [0.15, 0.2) is 0 Å². The number of hydrogen-bond acceptors (Lipinski definition) is 4. The number of rotatable bonds is 7. The monoisotopic (exact) mass is 394 g/mol. The smallest absolute Gasteiger partial charge is 0.0922 e. The quantitative estimate of drug-likeness (QED) is 0.783. The first-order valence-corrected chi connectivity index (χ1v) is 11.5. The van der Waals surface area contributed by atoms with Crippen molar-refractivity contribution in [2.24, 2.45) is 5.92 Å². The summed E-state index contributed by atoms with van der Waals surface area (Å²) in [4.78, 5) is 12.9. The van der Waals surface area contributed by atoms with Crippen molar-refractivity contribution in [2.75, 3.05) is 32.8 Å². The number of ether oxygens (including phenoxy) is 1. The second kappa shape index (κ2) is 8.99. The first kappa shape index (κ1) is 19.3. The lowest BCUT2D eigenvalue weighted by atomic mass is 9.94. The van der Waals surface area contributed by atoms with Gasteiger partial charge in [0.1, 0.15) is 0 Å². The van der Waals surface area contributed by atoms with Gasteiger partial charge in [-0.1, -0.05) is 24.3 Å². The molecule has 5 heteroatoms. The largest absolute Gasteiger partial charge is 0.377 e. The number of fused-ring (bicyclic) bond motifs is 1. The van der Waals surface area contributed by atoms with Crippen molar-refractivity contribution in [1.29, 1.82) is 0 Å². The summed E-state index contributed by atoms with van der Waals surface area (Å²) < 4.78 is 5.93. The molecule has 0 radical (unpaired) electrons. The number of likely N-dealkylation sites (tertiary alicyclic amines) is 1. The van der Waals surface area contributed by atoms with Crippen molar-refractivity contribution in [2.45, 2.75) is 57.2 Å². The van der Waals surface area contributed by atoms with E-state index in [1.165, 1.54) is 63.9 Å². The highest BCUT2D eigenvalue weighted by atomic mass is 16.5.